The van der Waals surface area contributed by atoms with Crippen molar-refractivity contribution in [2.24, 2.45) is 0 Å². The summed E-state index contributed by atoms with van der Waals surface area (Å²) in [5.74, 6) is 0.186. The van der Waals surface area contributed by atoms with Crippen LogP contribution < -0.4 is 4.74 Å². The Morgan fingerprint density at radius 2 is 1.85 bits per heavy atom. The first kappa shape index (κ1) is 26.6. The first-order valence-corrected chi connectivity index (χ1v) is 13.2. The number of carbonyl (C=O) groups is 1. The average molecular weight is 536 g/mol. The molecule has 10 nitrogen and oxygen atoms in total. The Labute approximate surface area is 226 Å². The molecule has 1 atom stereocenters. The van der Waals surface area contributed by atoms with Gasteiger partial charge in [0.05, 0.1) is 23.6 Å². The zero-order valence-electron chi connectivity index (χ0n) is 23.2. The molecule has 206 valence electrons. The number of imidazole rings is 1. The molecular weight excluding hydrogens is 501 g/mol. The Balaban J connectivity index is 1.38. The number of nitrogens with zero attached hydrogens (tertiary/aromatic N) is 7. The van der Waals surface area contributed by atoms with E-state index in [1.165, 1.54) is 12.3 Å². The van der Waals surface area contributed by atoms with Crippen molar-refractivity contribution in [3.05, 3.63) is 59.6 Å². The Hall–Kier alpha value is -4.02. The number of amides is 1. The van der Waals surface area contributed by atoms with Gasteiger partial charge in [-0.1, -0.05) is 5.21 Å². The van der Waals surface area contributed by atoms with Gasteiger partial charge in [-0.05, 0) is 72.6 Å². The van der Waals surface area contributed by atoms with Gasteiger partial charge >= 0.3 is 6.09 Å². The number of hydrogen-bond acceptors (Lipinski definition) is 7. The number of fused-ring (bicyclic) bond motifs is 1. The summed E-state index contributed by atoms with van der Waals surface area (Å²) in [6.07, 6.45) is 3.80. The standard InChI is InChI=1S/C28H34FN7O3/c1-17-15-31-24-13-20(14-25(35(17)24)38-19(3)23-8-7-21(29)16-30-23)26-18(2)36(33-32-26)22-9-11-34(12-10-22)27(37)39-28(4,5)6/h7-8,13-16,19,22H,9-12H2,1-6H3. The highest BCUT2D eigenvalue weighted by atomic mass is 19.1. The Morgan fingerprint density at radius 3 is 2.51 bits per heavy atom. The fourth-order valence-electron chi connectivity index (χ4n) is 4.89. The summed E-state index contributed by atoms with van der Waals surface area (Å²) >= 11 is 0. The molecule has 39 heavy (non-hydrogen) atoms. The van der Waals surface area contributed by atoms with Gasteiger partial charge in [0, 0.05) is 36.6 Å². The van der Waals surface area contributed by atoms with Gasteiger partial charge in [-0.3, -0.25) is 9.38 Å². The van der Waals surface area contributed by atoms with E-state index in [2.05, 4.69) is 20.3 Å². The smallest absolute Gasteiger partial charge is 0.410 e. The third-order valence-corrected chi connectivity index (χ3v) is 6.88. The number of halogens is 1. The van der Waals surface area contributed by atoms with Crippen LogP contribution in [-0.2, 0) is 4.74 Å². The molecule has 4 aromatic heterocycles. The van der Waals surface area contributed by atoms with Gasteiger partial charge in [0.15, 0.2) is 0 Å². The Kier molecular flexibility index (Phi) is 7.00. The van der Waals surface area contributed by atoms with Crippen molar-refractivity contribution in [2.75, 3.05) is 13.1 Å². The number of carbonyl (C=O) groups excluding carboxylic acids is 1. The molecule has 0 aromatic carbocycles. The number of rotatable bonds is 5. The molecule has 1 aliphatic rings. The van der Waals surface area contributed by atoms with Crippen molar-refractivity contribution >= 4 is 11.7 Å². The number of pyridine rings is 2. The third-order valence-electron chi connectivity index (χ3n) is 6.88. The minimum atomic E-state index is -0.518. The number of hydrogen-bond donors (Lipinski definition) is 0. The van der Waals surface area contributed by atoms with Crippen LogP contribution in [0.15, 0.2) is 36.7 Å². The van der Waals surface area contributed by atoms with Gasteiger partial charge in [-0.2, -0.15) is 0 Å². The first-order valence-electron chi connectivity index (χ1n) is 13.2. The van der Waals surface area contributed by atoms with Crippen LogP contribution in [0.25, 0.3) is 16.9 Å². The fraction of sp³-hybridized carbons (Fsp3) is 0.464. The third kappa shape index (κ3) is 5.57. The number of likely N-dealkylation sites (tertiary alicyclic amines) is 1. The molecule has 1 aliphatic heterocycles. The fourth-order valence-corrected chi connectivity index (χ4v) is 4.89. The maximum absolute atomic E-state index is 13.4. The number of piperidine rings is 1. The molecule has 0 bridgehead atoms. The van der Waals surface area contributed by atoms with Crippen molar-refractivity contribution in [3.8, 4) is 17.1 Å². The predicted octanol–water partition coefficient (Wildman–Crippen LogP) is 5.46. The normalized spacial score (nSPS) is 15.5. The van der Waals surface area contributed by atoms with Crippen LogP contribution >= 0.6 is 0 Å². The molecule has 4 aromatic rings. The van der Waals surface area contributed by atoms with Crippen molar-refractivity contribution < 1.29 is 18.7 Å². The predicted molar refractivity (Wildman–Crippen MR) is 143 cm³/mol. The minimum absolute atomic E-state index is 0.127. The number of aromatic nitrogens is 6. The average Bonchev–Trinajstić information content (AvgIpc) is 3.46. The molecular formula is C28H34FN7O3. The molecule has 11 heteroatoms. The second-order valence-corrected chi connectivity index (χ2v) is 11.0. The highest BCUT2D eigenvalue weighted by molar-refractivity contribution is 5.69. The molecule has 0 aliphatic carbocycles. The van der Waals surface area contributed by atoms with Crippen LogP contribution in [0, 0.1) is 19.7 Å². The largest absolute Gasteiger partial charge is 0.469 e. The van der Waals surface area contributed by atoms with Gasteiger partial charge in [0.1, 0.15) is 28.9 Å². The summed E-state index contributed by atoms with van der Waals surface area (Å²) in [5, 5.41) is 9.02. The molecule has 0 spiro atoms. The van der Waals surface area contributed by atoms with E-state index in [-0.39, 0.29) is 12.1 Å². The highest BCUT2D eigenvalue weighted by Crippen LogP contribution is 2.32. The lowest BCUT2D eigenvalue weighted by Crippen LogP contribution is -2.42. The first-order chi connectivity index (χ1) is 18.5. The molecule has 1 unspecified atom stereocenters. The SMILES string of the molecule is Cc1c(-c2cc(OC(C)c3ccc(F)cn3)n3c(C)cnc3c2)nnn1C1CCN(C(=O)OC(C)(C)C)CC1. The van der Waals surface area contributed by atoms with Crippen LogP contribution in [0.5, 0.6) is 5.88 Å². The van der Waals surface area contributed by atoms with Crippen LogP contribution in [0.1, 0.15) is 69.8 Å². The van der Waals surface area contributed by atoms with E-state index >= 15 is 0 Å². The zero-order chi connectivity index (χ0) is 27.9. The number of aryl methyl sites for hydroxylation is 1. The summed E-state index contributed by atoms with van der Waals surface area (Å²) < 4.78 is 29.1. The van der Waals surface area contributed by atoms with E-state index in [9.17, 15) is 9.18 Å². The Morgan fingerprint density at radius 1 is 1.10 bits per heavy atom. The molecule has 0 radical (unpaired) electrons. The molecule has 1 amide bonds. The lowest BCUT2D eigenvalue weighted by atomic mass is 10.0. The van der Waals surface area contributed by atoms with Crippen LogP contribution in [0.3, 0.4) is 0 Å². The minimum Gasteiger partial charge on any atom is -0.469 e. The van der Waals surface area contributed by atoms with Crippen LogP contribution in [0.4, 0.5) is 9.18 Å². The van der Waals surface area contributed by atoms with Crippen LogP contribution in [-0.4, -0.2) is 59.0 Å². The summed E-state index contributed by atoms with van der Waals surface area (Å²) in [5.41, 5.74) is 4.24. The maximum Gasteiger partial charge on any atom is 0.410 e. The molecule has 0 N–H and O–H groups in total. The second kappa shape index (κ2) is 10.3. The lowest BCUT2D eigenvalue weighted by Gasteiger charge is -2.33. The van der Waals surface area contributed by atoms with E-state index in [0.717, 1.165) is 41.1 Å². The topological polar surface area (TPSA) is 99.7 Å². The van der Waals surface area contributed by atoms with Crippen molar-refractivity contribution in [2.45, 2.75) is 72.1 Å². The molecule has 0 saturated carbocycles. The van der Waals surface area contributed by atoms with Crippen molar-refractivity contribution in [1.82, 2.24) is 34.3 Å². The van der Waals surface area contributed by atoms with E-state index in [4.69, 9.17) is 9.47 Å². The van der Waals surface area contributed by atoms with Gasteiger partial charge in [0.2, 0.25) is 5.88 Å². The van der Waals surface area contributed by atoms with E-state index in [1.807, 2.05) is 62.8 Å². The van der Waals surface area contributed by atoms with E-state index in [1.54, 1.807) is 17.2 Å². The lowest BCUT2D eigenvalue weighted by molar-refractivity contribution is 0.0183. The monoisotopic (exact) mass is 535 g/mol. The van der Waals surface area contributed by atoms with Crippen LogP contribution in [0.2, 0.25) is 0 Å². The maximum atomic E-state index is 13.4. The van der Waals surface area contributed by atoms with E-state index < -0.39 is 17.5 Å². The Bertz CT molecular complexity index is 1480. The molecule has 5 heterocycles. The molecule has 5 rings (SSSR count). The van der Waals surface area contributed by atoms with E-state index in [0.29, 0.717) is 24.7 Å². The van der Waals surface area contributed by atoms with Gasteiger partial charge in [-0.25, -0.2) is 18.9 Å². The summed E-state index contributed by atoms with van der Waals surface area (Å²) in [4.78, 5) is 22.9. The zero-order valence-corrected chi connectivity index (χ0v) is 23.2. The highest BCUT2D eigenvalue weighted by Gasteiger charge is 2.29. The van der Waals surface area contributed by atoms with Gasteiger partial charge in [-0.15, -0.1) is 5.10 Å². The van der Waals surface area contributed by atoms with Gasteiger partial charge < -0.3 is 14.4 Å². The van der Waals surface area contributed by atoms with Gasteiger partial charge in [0.25, 0.3) is 0 Å². The van der Waals surface area contributed by atoms with Crippen molar-refractivity contribution in [1.29, 1.82) is 0 Å². The summed E-state index contributed by atoms with van der Waals surface area (Å²) in [7, 11) is 0. The quantitative estimate of drug-likeness (QED) is 0.335. The molecule has 1 fully saturated rings. The second-order valence-electron chi connectivity index (χ2n) is 11.0. The summed E-state index contributed by atoms with van der Waals surface area (Å²) in [6, 6.07) is 7.01. The van der Waals surface area contributed by atoms with Crippen molar-refractivity contribution in [3.63, 3.8) is 0 Å². The number of ether oxygens (including phenoxy) is 2. The summed E-state index contributed by atoms with van der Waals surface area (Å²) in [6.45, 7) is 12.6. The molecule has 1 saturated heterocycles.